The summed E-state index contributed by atoms with van der Waals surface area (Å²) in [5, 5.41) is 13.7. The molecule has 0 unspecified atom stereocenters. The molecule has 0 fully saturated rings. The molecular weight excluding hydrogens is 206 g/mol. The van der Waals surface area contributed by atoms with E-state index in [9.17, 15) is 9.90 Å². The smallest absolute Gasteiger partial charge is 0.346 e. The van der Waals surface area contributed by atoms with Crippen molar-refractivity contribution in [2.45, 2.75) is 58.7 Å². The van der Waals surface area contributed by atoms with Gasteiger partial charge in [-0.25, -0.2) is 9.48 Å². The van der Waals surface area contributed by atoms with Gasteiger partial charge in [-0.1, -0.05) is 6.92 Å². The number of hydrogen-bond donors (Lipinski definition) is 1. The van der Waals surface area contributed by atoms with Gasteiger partial charge < -0.3 is 5.11 Å². The molecule has 0 saturated carbocycles. The molecule has 0 aliphatic carbocycles. The molecule has 0 amide bonds. The monoisotopic (exact) mass is 227 g/mol. The number of rotatable bonds is 3. The molecule has 2 atom stereocenters. The molecule has 1 aromatic heterocycles. The Morgan fingerprint density at radius 3 is 2.38 bits per heavy atom. The molecule has 0 spiro atoms. The molecule has 0 saturated heterocycles. The summed E-state index contributed by atoms with van der Waals surface area (Å²) in [4.78, 5) is 12.1. The van der Waals surface area contributed by atoms with Crippen molar-refractivity contribution in [2.24, 2.45) is 0 Å². The van der Waals surface area contributed by atoms with E-state index in [1.807, 2.05) is 27.7 Å². The molecule has 1 rings (SSSR count). The van der Waals surface area contributed by atoms with Crippen LogP contribution in [-0.4, -0.2) is 25.6 Å². The molecule has 0 aliphatic rings. The van der Waals surface area contributed by atoms with Crippen molar-refractivity contribution in [1.29, 1.82) is 0 Å². The third-order valence-corrected chi connectivity index (χ3v) is 2.71. The summed E-state index contributed by atoms with van der Waals surface area (Å²) >= 11 is 0. The van der Waals surface area contributed by atoms with Crippen molar-refractivity contribution in [3.8, 4) is 0 Å². The molecule has 1 heterocycles. The first-order valence-corrected chi connectivity index (χ1v) is 5.63. The summed E-state index contributed by atoms with van der Waals surface area (Å²) in [7, 11) is 0. The first-order chi connectivity index (χ1) is 7.29. The predicted molar refractivity (Wildman–Crippen MR) is 62.5 cm³/mol. The predicted octanol–water partition coefficient (Wildman–Crippen LogP) is 1.13. The van der Waals surface area contributed by atoms with Gasteiger partial charge >= 0.3 is 5.69 Å². The molecule has 0 bridgehead atoms. The Kier molecular flexibility index (Phi) is 3.57. The molecule has 5 heteroatoms. The molecule has 5 nitrogen and oxygen atoms in total. The van der Waals surface area contributed by atoms with Gasteiger partial charge in [0.05, 0.1) is 12.1 Å². The Labute approximate surface area is 95.7 Å². The maximum Gasteiger partial charge on any atom is 0.346 e. The lowest BCUT2D eigenvalue weighted by Gasteiger charge is -2.20. The maximum atomic E-state index is 12.1. The Bertz CT molecular complexity index is 398. The van der Waals surface area contributed by atoms with Crippen molar-refractivity contribution < 1.29 is 5.11 Å². The van der Waals surface area contributed by atoms with Crippen LogP contribution in [-0.2, 0) is 5.54 Å². The van der Waals surface area contributed by atoms with Gasteiger partial charge in [-0.3, -0.25) is 4.57 Å². The number of aliphatic hydroxyl groups excluding tert-OH is 1. The first-order valence-electron chi connectivity index (χ1n) is 5.63. The molecular formula is C11H21N3O2. The number of aliphatic hydroxyl groups is 1. The topological polar surface area (TPSA) is 60.0 Å². The number of hydrogen-bond acceptors (Lipinski definition) is 3. The highest BCUT2D eigenvalue weighted by Crippen LogP contribution is 2.14. The van der Waals surface area contributed by atoms with Gasteiger partial charge in [-0.2, -0.15) is 5.10 Å². The largest absolute Gasteiger partial charge is 0.391 e. The summed E-state index contributed by atoms with van der Waals surface area (Å²) < 4.78 is 2.95. The minimum absolute atomic E-state index is 0.166. The van der Waals surface area contributed by atoms with Crippen molar-refractivity contribution in [3.63, 3.8) is 0 Å². The van der Waals surface area contributed by atoms with Crippen molar-refractivity contribution >= 4 is 0 Å². The van der Waals surface area contributed by atoms with Crippen LogP contribution in [0.25, 0.3) is 0 Å². The minimum Gasteiger partial charge on any atom is -0.391 e. The highest BCUT2D eigenvalue weighted by atomic mass is 16.3. The van der Waals surface area contributed by atoms with Gasteiger partial charge in [0.15, 0.2) is 0 Å². The van der Waals surface area contributed by atoms with Gasteiger partial charge in [-0.15, -0.1) is 0 Å². The second kappa shape index (κ2) is 4.41. The van der Waals surface area contributed by atoms with Crippen LogP contribution in [0, 0.1) is 0 Å². The van der Waals surface area contributed by atoms with Crippen LogP contribution in [0.2, 0.25) is 0 Å². The summed E-state index contributed by atoms with van der Waals surface area (Å²) in [6.07, 6.45) is 1.64. The molecule has 0 aliphatic heterocycles. The average Bonchev–Trinajstić information content (AvgIpc) is 2.48. The fourth-order valence-corrected chi connectivity index (χ4v) is 1.72. The number of aromatic nitrogens is 3. The normalized spacial score (nSPS) is 16.1. The van der Waals surface area contributed by atoms with Crippen LogP contribution in [0.5, 0.6) is 0 Å². The highest BCUT2D eigenvalue weighted by Gasteiger charge is 2.23. The van der Waals surface area contributed by atoms with Crippen molar-refractivity contribution in [3.05, 3.63) is 16.8 Å². The average molecular weight is 227 g/mol. The fourth-order valence-electron chi connectivity index (χ4n) is 1.72. The standard InChI is InChI=1S/C11H21N3O2/c1-6-9(8(2)15)14-10(16)13(7-12-14)11(3,4)5/h7-9,15H,6H2,1-5H3/t8-,9-/m0/s1. The second-order valence-electron chi connectivity index (χ2n) is 5.12. The van der Waals surface area contributed by atoms with Gasteiger partial charge in [0.1, 0.15) is 6.33 Å². The van der Waals surface area contributed by atoms with E-state index >= 15 is 0 Å². The Morgan fingerprint density at radius 1 is 1.50 bits per heavy atom. The van der Waals surface area contributed by atoms with Crippen LogP contribution >= 0.6 is 0 Å². The van der Waals surface area contributed by atoms with Crippen LogP contribution < -0.4 is 5.69 Å². The van der Waals surface area contributed by atoms with Crippen LogP contribution in [0.4, 0.5) is 0 Å². The molecule has 1 aromatic rings. The Hall–Kier alpha value is -1.10. The van der Waals surface area contributed by atoms with Crippen LogP contribution in [0.3, 0.4) is 0 Å². The quantitative estimate of drug-likeness (QED) is 0.842. The van der Waals surface area contributed by atoms with E-state index in [4.69, 9.17) is 0 Å². The van der Waals surface area contributed by atoms with E-state index in [0.717, 1.165) is 0 Å². The Morgan fingerprint density at radius 2 is 2.06 bits per heavy atom. The van der Waals surface area contributed by atoms with E-state index in [1.54, 1.807) is 11.5 Å². The molecule has 92 valence electrons. The van der Waals surface area contributed by atoms with E-state index in [2.05, 4.69) is 5.10 Å². The summed E-state index contributed by atoms with van der Waals surface area (Å²) in [6, 6.07) is -0.254. The lowest BCUT2D eigenvalue weighted by molar-refractivity contribution is 0.117. The third kappa shape index (κ3) is 2.35. The fraction of sp³-hybridized carbons (Fsp3) is 0.818. The van der Waals surface area contributed by atoms with Crippen molar-refractivity contribution in [1.82, 2.24) is 14.3 Å². The first kappa shape index (κ1) is 13.0. The summed E-state index contributed by atoms with van der Waals surface area (Å²) in [5.41, 5.74) is -0.452. The summed E-state index contributed by atoms with van der Waals surface area (Å²) in [5.74, 6) is 0. The highest BCUT2D eigenvalue weighted by molar-refractivity contribution is 4.83. The van der Waals surface area contributed by atoms with E-state index in [1.165, 1.54) is 11.0 Å². The molecule has 1 N–H and O–H groups in total. The van der Waals surface area contributed by atoms with Gasteiger partial charge in [0, 0.05) is 5.54 Å². The summed E-state index contributed by atoms with van der Waals surface area (Å²) in [6.45, 7) is 9.45. The SMILES string of the molecule is CC[C@@H]([C@H](C)O)n1ncn(C(C)(C)C)c1=O. The molecule has 0 radical (unpaired) electrons. The van der Waals surface area contributed by atoms with Gasteiger partial charge in [-0.05, 0) is 34.1 Å². The Balaban J connectivity index is 3.19. The maximum absolute atomic E-state index is 12.1. The lowest BCUT2D eigenvalue weighted by Crippen LogP contribution is -2.38. The van der Waals surface area contributed by atoms with Gasteiger partial charge in [0.25, 0.3) is 0 Å². The molecule has 0 aromatic carbocycles. The second-order valence-corrected chi connectivity index (χ2v) is 5.12. The molecule has 16 heavy (non-hydrogen) atoms. The van der Waals surface area contributed by atoms with E-state index in [-0.39, 0.29) is 17.3 Å². The van der Waals surface area contributed by atoms with Gasteiger partial charge in [0.2, 0.25) is 0 Å². The third-order valence-electron chi connectivity index (χ3n) is 2.71. The lowest BCUT2D eigenvalue weighted by atomic mass is 10.1. The van der Waals surface area contributed by atoms with Crippen LogP contribution in [0.1, 0.15) is 47.1 Å². The zero-order chi connectivity index (χ0) is 12.5. The minimum atomic E-state index is -0.578. The zero-order valence-electron chi connectivity index (χ0n) is 10.6. The van der Waals surface area contributed by atoms with Crippen LogP contribution in [0.15, 0.2) is 11.1 Å². The number of nitrogens with zero attached hydrogens (tertiary/aromatic N) is 3. The van der Waals surface area contributed by atoms with E-state index < -0.39 is 6.10 Å². The zero-order valence-corrected chi connectivity index (χ0v) is 10.6. The van der Waals surface area contributed by atoms with Crippen molar-refractivity contribution in [2.75, 3.05) is 0 Å². The van der Waals surface area contributed by atoms with E-state index in [0.29, 0.717) is 6.42 Å².